The number of aromatic nitrogens is 4. The zero-order valence-electron chi connectivity index (χ0n) is 17.8. The first-order valence-corrected chi connectivity index (χ1v) is 10.2. The van der Waals surface area contributed by atoms with Gasteiger partial charge in [0.1, 0.15) is 12.1 Å². The molecule has 4 aromatic rings. The Labute approximate surface area is 186 Å². The van der Waals surface area contributed by atoms with Crippen molar-refractivity contribution in [3.05, 3.63) is 82.4 Å². The van der Waals surface area contributed by atoms with Gasteiger partial charge in [0.2, 0.25) is 5.91 Å². The van der Waals surface area contributed by atoms with Crippen LogP contribution in [0, 0.1) is 0 Å². The van der Waals surface area contributed by atoms with Crippen LogP contribution in [0.25, 0.3) is 16.6 Å². The molecule has 2 aromatic carbocycles. The molecule has 7 nitrogen and oxygen atoms in total. The van der Waals surface area contributed by atoms with E-state index in [0.29, 0.717) is 22.3 Å². The van der Waals surface area contributed by atoms with Gasteiger partial charge in [-0.05, 0) is 42.3 Å². The monoisotopic (exact) mass is 455 g/mol. The third-order valence-electron chi connectivity index (χ3n) is 5.05. The van der Waals surface area contributed by atoms with Crippen LogP contribution < -0.4 is 10.9 Å². The maximum atomic E-state index is 13.2. The Morgan fingerprint density at radius 3 is 2.33 bits per heavy atom. The molecule has 2 heterocycles. The van der Waals surface area contributed by atoms with Gasteiger partial charge in [-0.3, -0.25) is 9.59 Å². The molecule has 0 saturated heterocycles. The summed E-state index contributed by atoms with van der Waals surface area (Å²) in [4.78, 5) is 25.8. The number of para-hydroxylation sites is 1. The lowest BCUT2D eigenvalue weighted by Crippen LogP contribution is -2.31. The molecule has 1 amide bonds. The summed E-state index contributed by atoms with van der Waals surface area (Å²) in [7, 11) is 0. The summed E-state index contributed by atoms with van der Waals surface area (Å²) in [6.45, 7) is 3.42. The van der Waals surface area contributed by atoms with Gasteiger partial charge in [0.05, 0.1) is 23.1 Å². The highest BCUT2D eigenvalue weighted by molar-refractivity contribution is 5.90. The van der Waals surface area contributed by atoms with Crippen molar-refractivity contribution in [1.82, 2.24) is 19.6 Å². The molecule has 4 rings (SSSR count). The van der Waals surface area contributed by atoms with Crippen molar-refractivity contribution in [3.63, 3.8) is 0 Å². The molecule has 0 unspecified atom stereocenters. The van der Waals surface area contributed by atoms with Crippen molar-refractivity contribution in [1.29, 1.82) is 0 Å². The second-order valence-corrected chi connectivity index (χ2v) is 7.78. The van der Waals surface area contributed by atoms with Gasteiger partial charge in [0, 0.05) is 11.1 Å². The number of anilines is 1. The van der Waals surface area contributed by atoms with E-state index in [1.165, 1.54) is 4.68 Å². The quantitative estimate of drug-likeness (QED) is 0.485. The predicted octanol–water partition coefficient (Wildman–Crippen LogP) is 4.36. The second-order valence-electron chi connectivity index (χ2n) is 7.78. The number of fused-ring (bicyclic) bond motifs is 1. The Morgan fingerprint density at radius 2 is 1.73 bits per heavy atom. The Bertz CT molecular complexity index is 1360. The minimum absolute atomic E-state index is 0.0502. The Balaban J connectivity index is 1.68. The fourth-order valence-corrected chi connectivity index (χ4v) is 3.47. The number of hydrogen-bond acceptors (Lipinski definition) is 4. The lowest BCUT2D eigenvalue weighted by Gasteiger charge is -2.13. The lowest BCUT2D eigenvalue weighted by molar-refractivity contribution is -0.137. The second kappa shape index (κ2) is 8.53. The molecule has 0 atom stereocenters. The van der Waals surface area contributed by atoms with Crippen LogP contribution in [0.2, 0.25) is 0 Å². The molecule has 0 aliphatic heterocycles. The zero-order valence-corrected chi connectivity index (χ0v) is 17.8. The van der Waals surface area contributed by atoms with Crippen LogP contribution in [0.15, 0.2) is 65.6 Å². The maximum Gasteiger partial charge on any atom is 0.416 e. The van der Waals surface area contributed by atoms with E-state index < -0.39 is 29.8 Å². The standard InChI is InChI=1S/C23H20F3N5O2/c1-14(2)20-18-12-27-31(17-6-4-3-5-7-17)21(18)22(33)30(29-20)13-19(32)28-16-10-8-15(9-11-16)23(24,25)26/h3-12,14H,13H2,1-2H3,(H,28,32). The van der Waals surface area contributed by atoms with Gasteiger partial charge in [-0.25, -0.2) is 9.36 Å². The van der Waals surface area contributed by atoms with Crippen LogP contribution in [0.1, 0.15) is 31.0 Å². The van der Waals surface area contributed by atoms with Crippen LogP contribution in [0.5, 0.6) is 0 Å². The van der Waals surface area contributed by atoms with E-state index in [4.69, 9.17) is 0 Å². The molecule has 0 saturated carbocycles. The topological polar surface area (TPSA) is 81.8 Å². The minimum atomic E-state index is -4.47. The fraction of sp³-hybridized carbons (Fsp3) is 0.217. The van der Waals surface area contributed by atoms with E-state index in [9.17, 15) is 22.8 Å². The molecule has 0 aliphatic carbocycles. The number of carbonyl (C=O) groups excluding carboxylic acids is 1. The third-order valence-corrected chi connectivity index (χ3v) is 5.05. The van der Waals surface area contributed by atoms with Gasteiger partial charge in [-0.1, -0.05) is 32.0 Å². The molecule has 170 valence electrons. The summed E-state index contributed by atoms with van der Waals surface area (Å²) in [5.74, 6) is -0.644. The summed E-state index contributed by atoms with van der Waals surface area (Å²) < 4.78 is 40.8. The highest BCUT2D eigenvalue weighted by atomic mass is 19.4. The average Bonchev–Trinajstić information content (AvgIpc) is 3.21. The van der Waals surface area contributed by atoms with Gasteiger partial charge < -0.3 is 5.32 Å². The average molecular weight is 455 g/mol. The molecule has 0 aliphatic rings. The summed E-state index contributed by atoms with van der Waals surface area (Å²) in [6, 6.07) is 13.2. The van der Waals surface area contributed by atoms with E-state index >= 15 is 0 Å². The number of halogens is 3. The number of rotatable bonds is 5. The number of nitrogens with zero attached hydrogens (tertiary/aromatic N) is 4. The van der Waals surface area contributed by atoms with Crippen LogP contribution in [0.3, 0.4) is 0 Å². The molecule has 10 heteroatoms. The summed E-state index contributed by atoms with van der Waals surface area (Å²) >= 11 is 0. The molecular weight excluding hydrogens is 435 g/mol. The van der Waals surface area contributed by atoms with Crippen molar-refractivity contribution in [3.8, 4) is 5.69 Å². The molecule has 0 radical (unpaired) electrons. The Kier molecular flexibility index (Phi) is 5.75. The van der Waals surface area contributed by atoms with Gasteiger partial charge in [0.25, 0.3) is 5.56 Å². The number of nitrogens with one attached hydrogen (secondary N) is 1. The molecule has 2 aromatic heterocycles. The van der Waals surface area contributed by atoms with E-state index in [1.807, 2.05) is 44.2 Å². The molecule has 33 heavy (non-hydrogen) atoms. The minimum Gasteiger partial charge on any atom is -0.324 e. The zero-order chi connectivity index (χ0) is 23.8. The van der Waals surface area contributed by atoms with E-state index in [1.54, 1.807) is 6.20 Å². The maximum absolute atomic E-state index is 13.2. The highest BCUT2D eigenvalue weighted by Gasteiger charge is 2.30. The van der Waals surface area contributed by atoms with E-state index in [0.717, 1.165) is 28.9 Å². The number of benzene rings is 2. The molecule has 0 bridgehead atoms. The number of hydrogen-bond donors (Lipinski definition) is 1. The third kappa shape index (κ3) is 4.50. The van der Waals surface area contributed by atoms with Gasteiger partial charge in [-0.2, -0.15) is 23.4 Å². The summed E-state index contributed by atoms with van der Waals surface area (Å²) in [6.07, 6.45) is -2.89. The van der Waals surface area contributed by atoms with Crippen molar-refractivity contribution in [2.45, 2.75) is 32.5 Å². The first-order valence-electron chi connectivity index (χ1n) is 10.2. The van der Waals surface area contributed by atoms with Crippen molar-refractivity contribution >= 4 is 22.5 Å². The largest absolute Gasteiger partial charge is 0.416 e. The van der Waals surface area contributed by atoms with E-state index in [-0.39, 0.29) is 11.6 Å². The van der Waals surface area contributed by atoms with Crippen molar-refractivity contribution in [2.75, 3.05) is 5.32 Å². The first-order chi connectivity index (χ1) is 15.6. The van der Waals surface area contributed by atoms with Crippen LogP contribution >= 0.6 is 0 Å². The SMILES string of the molecule is CC(C)c1nn(CC(=O)Nc2ccc(C(F)(F)F)cc2)c(=O)c2c1cnn2-c1ccccc1. The normalized spacial score (nSPS) is 11.8. The van der Waals surface area contributed by atoms with Crippen LogP contribution in [-0.2, 0) is 17.5 Å². The van der Waals surface area contributed by atoms with Crippen molar-refractivity contribution in [2.24, 2.45) is 0 Å². The molecule has 1 N–H and O–H groups in total. The molecular formula is C23H20F3N5O2. The lowest BCUT2D eigenvalue weighted by atomic mass is 10.1. The number of carbonyl (C=O) groups is 1. The summed E-state index contributed by atoms with van der Waals surface area (Å²) in [5, 5.41) is 11.8. The highest BCUT2D eigenvalue weighted by Crippen LogP contribution is 2.29. The number of amides is 1. The van der Waals surface area contributed by atoms with Gasteiger partial charge >= 0.3 is 6.18 Å². The van der Waals surface area contributed by atoms with Crippen LogP contribution in [0.4, 0.5) is 18.9 Å². The van der Waals surface area contributed by atoms with Crippen molar-refractivity contribution < 1.29 is 18.0 Å². The van der Waals surface area contributed by atoms with Gasteiger partial charge in [-0.15, -0.1) is 0 Å². The van der Waals surface area contributed by atoms with Gasteiger partial charge in [0.15, 0.2) is 0 Å². The smallest absolute Gasteiger partial charge is 0.324 e. The summed E-state index contributed by atoms with van der Waals surface area (Å²) in [5.41, 5.74) is 0.445. The Morgan fingerprint density at radius 1 is 1.06 bits per heavy atom. The predicted molar refractivity (Wildman–Crippen MR) is 117 cm³/mol. The molecule has 0 fully saturated rings. The van der Waals surface area contributed by atoms with E-state index in [2.05, 4.69) is 15.5 Å². The Hall–Kier alpha value is -3.95. The molecule has 0 spiro atoms. The first kappa shape index (κ1) is 22.3. The fourth-order valence-electron chi connectivity index (χ4n) is 3.47. The van der Waals surface area contributed by atoms with Crippen LogP contribution in [-0.4, -0.2) is 25.5 Å². The number of alkyl halides is 3.